The highest BCUT2D eigenvalue weighted by Gasteiger charge is 2.38. The lowest BCUT2D eigenvalue weighted by Gasteiger charge is -2.35. The van der Waals surface area contributed by atoms with Crippen LogP contribution in [0.5, 0.6) is 0 Å². The van der Waals surface area contributed by atoms with E-state index in [-0.39, 0.29) is 30.8 Å². The van der Waals surface area contributed by atoms with Gasteiger partial charge in [-0.05, 0) is 30.9 Å². The van der Waals surface area contributed by atoms with Crippen molar-refractivity contribution in [1.82, 2.24) is 4.90 Å². The Bertz CT molecular complexity index is 574. The van der Waals surface area contributed by atoms with E-state index in [1.165, 1.54) is 4.90 Å². The topological polar surface area (TPSA) is 84.7 Å². The summed E-state index contributed by atoms with van der Waals surface area (Å²) in [5, 5.41) is 2.86. The Hall–Kier alpha value is -1.63. The molecule has 0 spiro atoms. The number of carbonyl (C=O) groups is 2. The van der Waals surface area contributed by atoms with Crippen LogP contribution in [0.3, 0.4) is 0 Å². The van der Waals surface area contributed by atoms with E-state index in [9.17, 15) is 9.59 Å². The lowest BCUT2D eigenvalue weighted by atomic mass is 9.90. The van der Waals surface area contributed by atoms with Crippen molar-refractivity contribution in [1.29, 1.82) is 0 Å². The first-order chi connectivity index (χ1) is 11.0. The summed E-state index contributed by atoms with van der Waals surface area (Å²) in [6.07, 6.45) is 1.80. The van der Waals surface area contributed by atoms with Gasteiger partial charge in [-0.1, -0.05) is 25.1 Å². The standard InChI is InChI=1S/C17H25N3O3.ClH/c1-3-13-6-4-5-7-14(13)19-15(21)12-20(2)16(22)17(18)8-10-23-11-9-17;/h4-7H,3,8-12,18H2,1-2H3,(H,19,21);1H. The highest BCUT2D eigenvalue weighted by molar-refractivity contribution is 5.96. The van der Waals surface area contributed by atoms with Gasteiger partial charge in [0.25, 0.3) is 0 Å². The quantitative estimate of drug-likeness (QED) is 0.839. The second-order valence-corrected chi connectivity index (χ2v) is 5.99. The van der Waals surface area contributed by atoms with Crippen molar-refractivity contribution in [3.05, 3.63) is 29.8 Å². The highest BCUT2D eigenvalue weighted by Crippen LogP contribution is 2.20. The third kappa shape index (κ3) is 4.93. The molecule has 7 heteroatoms. The fourth-order valence-electron chi connectivity index (χ4n) is 2.76. The summed E-state index contributed by atoms with van der Waals surface area (Å²) in [6.45, 7) is 2.97. The molecule has 0 saturated carbocycles. The number of amides is 2. The molecule has 6 nitrogen and oxygen atoms in total. The number of nitrogens with one attached hydrogen (secondary N) is 1. The minimum atomic E-state index is -0.922. The maximum Gasteiger partial charge on any atom is 0.243 e. The average molecular weight is 356 g/mol. The Labute approximate surface area is 149 Å². The van der Waals surface area contributed by atoms with Crippen molar-refractivity contribution >= 4 is 29.9 Å². The van der Waals surface area contributed by atoms with Crippen LogP contribution >= 0.6 is 12.4 Å². The van der Waals surface area contributed by atoms with Crippen LogP contribution in [0.15, 0.2) is 24.3 Å². The molecule has 0 aliphatic carbocycles. The predicted octanol–water partition coefficient (Wildman–Crippen LogP) is 1.58. The molecule has 1 heterocycles. The molecule has 0 aromatic heterocycles. The van der Waals surface area contributed by atoms with Gasteiger partial charge in [-0.2, -0.15) is 0 Å². The molecule has 2 rings (SSSR count). The summed E-state index contributed by atoms with van der Waals surface area (Å²) in [5.41, 5.74) is 7.10. The number of likely N-dealkylation sites (N-methyl/N-ethyl adjacent to an activating group) is 1. The third-order valence-electron chi connectivity index (χ3n) is 4.21. The molecular formula is C17H26ClN3O3. The third-order valence-corrected chi connectivity index (χ3v) is 4.21. The summed E-state index contributed by atoms with van der Waals surface area (Å²) in [4.78, 5) is 26.1. The minimum absolute atomic E-state index is 0. The van der Waals surface area contributed by atoms with Crippen LogP contribution in [0.25, 0.3) is 0 Å². The molecule has 1 aliphatic heterocycles. The Balaban J connectivity index is 0.00000288. The van der Waals surface area contributed by atoms with Crippen LogP contribution in [0, 0.1) is 0 Å². The Morgan fingerprint density at radius 2 is 1.92 bits per heavy atom. The number of nitrogens with zero attached hydrogens (tertiary/aromatic N) is 1. The number of rotatable bonds is 5. The molecular weight excluding hydrogens is 330 g/mol. The van der Waals surface area contributed by atoms with Gasteiger partial charge in [0.05, 0.1) is 12.1 Å². The number of hydrogen-bond acceptors (Lipinski definition) is 4. The van der Waals surface area contributed by atoms with Gasteiger partial charge in [-0.25, -0.2) is 0 Å². The van der Waals surface area contributed by atoms with Crippen LogP contribution in [0.4, 0.5) is 5.69 Å². The van der Waals surface area contributed by atoms with Crippen molar-refractivity contribution in [3.8, 4) is 0 Å². The molecule has 24 heavy (non-hydrogen) atoms. The Morgan fingerprint density at radius 1 is 1.29 bits per heavy atom. The van der Waals surface area contributed by atoms with E-state index in [1.807, 2.05) is 31.2 Å². The normalized spacial score (nSPS) is 16.0. The van der Waals surface area contributed by atoms with Gasteiger partial charge in [0.2, 0.25) is 11.8 Å². The van der Waals surface area contributed by atoms with Crippen molar-refractivity contribution in [2.45, 2.75) is 31.7 Å². The molecule has 1 saturated heterocycles. The number of hydrogen-bond donors (Lipinski definition) is 2. The van der Waals surface area contributed by atoms with Gasteiger partial charge in [0.1, 0.15) is 0 Å². The zero-order valence-corrected chi connectivity index (χ0v) is 15.0. The largest absolute Gasteiger partial charge is 0.381 e. The summed E-state index contributed by atoms with van der Waals surface area (Å²) in [6, 6.07) is 7.65. The summed E-state index contributed by atoms with van der Waals surface area (Å²) < 4.78 is 5.25. The molecule has 1 aromatic rings. The van der Waals surface area contributed by atoms with Gasteiger partial charge in [-0.15, -0.1) is 12.4 Å². The van der Waals surface area contributed by atoms with Crippen LogP contribution < -0.4 is 11.1 Å². The lowest BCUT2D eigenvalue weighted by Crippen LogP contribution is -2.58. The fraction of sp³-hybridized carbons (Fsp3) is 0.529. The number of ether oxygens (including phenoxy) is 1. The molecule has 3 N–H and O–H groups in total. The molecule has 134 valence electrons. The number of para-hydroxylation sites is 1. The molecule has 1 aliphatic rings. The van der Waals surface area contributed by atoms with E-state index in [0.29, 0.717) is 26.1 Å². The number of aryl methyl sites for hydroxylation is 1. The first-order valence-electron chi connectivity index (χ1n) is 7.96. The first-order valence-corrected chi connectivity index (χ1v) is 7.96. The van der Waals surface area contributed by atoms with Crippen LogP contribution in [0.1, 0.15) is 25.3 Å². The van der Waals surface area contributed by atoms with Gasteiger partial charge >= 0.3 is 0 Å². The van der Waals surface area contributed by atoms with Gasteiger partial charge in [0.15, 0.2) is 0 Å². The van der Waals surface area contributed by atoms with Gasteiger partial charge in [0, 0.05) is 25.9 Å². The Kier molecular flexibility index (Phi) is 7.66. The zero-order chi connectivity index (χ0) is 16.9. The van der Waals surface area contributed by atoms with Crippen molar-refractivity contribution < 1.29 is 14.3 Å². The van der Waals surface area contributed by atoms with E-state index in [0.717, 1.165) is 17.7 Å². The molecule has 1 fully saturated rings. The van der Waals surface area contributed by atoms with Crippen LogP contribution in [-0.4, -0.2) is 49.1 Å². The van der Waals surface area contributed by atoms with E-state index in [2.05, 4.69) is 5.32 Å². The van der Waals surface area contributed by atoms with E-state index in [4.69, 9.17) is 10.5 Å². The van der Waals surface area contributed by atoms with Gasteiger partial charge in [-0.3, -0.25) is 9.59 Å². The smallest absolute Gasteiger partial charge is 0.243 e. The van der Waals surface area contributed by atoms with Crippen molar-refractivity contribution in [3.63, 3.8) is 0 Å². The highest BCUT2D eigenvalue weighted by atomic mass is 35.5. The van der Waals surface area contributed by atoms with Crippen molar-refractivity contribution in [2.24, 2.45) is 5.73 Å². The molecule has 2 amide bonds. The molecule has 0 bridgehead atoms. The fourth-order valence-corrected chi connectivity index (χ4v) is 2.76. The van der Waals surface area contributed by atoms with Gasteiger partial charge < -0.3 is 20.7 Å². The predicted molar refractivity (Wildman–Crippen MR) is 96.3 cm³/mol. The average Bonchev–Trinajstić information content (AvgIpc) is 2.55. The molecule has 1 aromatic carbocycles. The summed E-state index contributed by atoms with van der Waals surface area (Å²) >= 11 is 0. The first kappa shape index (κ1) is 20.4. The van der Waals surface area contributed by atoms with Crippen LogP contribution in [-0.2, 0) is 20.7 Å². The second kappa shape index (κ2) is 9.01. The zero-order valence-electron chi connectivity index (χ0n) is 14.2. The van der Waals surface area contributed by atoms with Crippen molar-refractivity contribution in [2.75, 3.05) is 32.1 Å². The van der Waals surface area contributed by atoms with E-state index < -0.39 is 5.54 Å². The Morgan fingerprint density at radius 3 is 2.54 bits per heavy atom. The summed E-state index contributed by atoms with van der Waals surface area (Å²) in [5.74, 6) is -0.433. The molecule has 0 unspecified atom stereocenters. The molecule has 0 atom stereocenters. The number of benzene rings is 1. The van der Waals surface area contributed by atoms with E-state index in [1.54, 1.807) is 7.05 Å². The number of anilines is 1. The summed E-state index contributed by atoms with van der Waals surface area (Å²) in [7, 11) is 1.61. The maximum atomic E-state index is 12.5. The maximum absolute atomic E-state index is 12.5. The monoisotopic (exact) mass is 355 g/mol. The van der Waals surface area contributed by atoms with Crippen LogP contribution in [0.2, 0.25) is 0 Å². The number of carbonyl (C=O) groups excluding carboxylic acids is 2. The molecule has 0 radical (unpaired) electrons. The number of halogens is 1. The second-order valence-electron chi connectivity index (χ2n) is 5.99. The van der Waals surface area contributed by atoms with E-state index >= 15 is 0 Å². The minimum Gasteiger partial charge on any atom is -0.381 e. The SMILES string of the molecule is CCc1ccccc1NC(=O)CN(C)C(=O)C1(N)CCOCC1.Cl. The number of nitrogens with two attached hydrogens (primary N) is 1. The lowest BCUT2D eigenvalue weighted by molar-refractivity contribution is -0.141.